The highest BCUT2D eigenvalue weighted by atomic mass is 19.1. The number of pyridine rings is 1. The zero-order valence-electron chi connectivity index (χ0n) is 17.3. The van der Waals surface area contributed by atoms with Gasteiger partial charge in [-0.2, -0.15) is 5.26 Å². The average molecular weight is 415 g/mol. The number of rotatable bonds is 4. The molecule has 156 valence electrons. The number of carbonyl (C=O) groups excluding carboxylic acids is 1. The molecule has 6 nitrogen and oxygen atoms in total. The van der Waals surface area contributed by atoms with Crippen molar-refractivity contribution in [3.05, 3.63) is 77.6 Å². The van der Waals surface area contributed by atoms with Crippen LogP contribution in [-0.2, 0) is 6.42 Å². The van der Waals surface area contributed by atoms with E-state index >= 15 is 0 Å². The first kappa shape index (κ1) is 20.6. The predicted octanol–water partition coefficient (Wildman–Crippen LogP) is 3.97. The molecular formula is C24H22FN5O. The van der Waals surface area contributed by atoms with Crippen LogP contribution in [0.3, 0.4) is 0 Å². The Bertz CT molecular complexity index is 1130. The molecule has 1 amide bonds. The van der Waals surface area contributed by atoms with Gasteiger partial charge in [0.2, 0.25) is 0 Å². The third kappa shape index (κ3) is 4.15. The van der Waals surface area contributed by atoms with E-state index in [2.05, 4.69) is 21.0 Å². The Morgan fingerprint density at radius 3 is 2.68 bits per heavy atom. The van der Waals surface area contributed by atoms with Crippen molar-refractivity contribution in [3.63, 3.8) is 0 Å². The fourth-order valence-corrected chi connectivity index (χ4v) is 4.06. The van der Waals surface area contributed by atoms with Crippen LogP contribution in [0, 0.1) is 29.5 Å². The van der Waals surface area contributed by atoms with Crippen LogP contribution in [0.15, 0.2) is 55.1 Å². The maximum atomic E-state index is 14.5. The molecule has 0 N–H and O–H groups in total. The maximum Gasteiger partial charge on any atom is 0.256 e. The Morgan fingerprint density at radius 1 is 1.16 bits per heavy atom. The first-order valence-electron chi connectivity index (χ1n) is 10.2. The Kier molecular flexibility index (Phi) is 5.72. The van der Waals surface area contributed by atoms with E-state index in [0.717, 1.165) is 0 Å². The van der Waals surface area contributed by atoms with Crippen LogP contribution in [-0.4, -0.2) is 38.8 Å². The molecule has 1 aliphatic heterocycles. The number of aryl methyl sites for hydroxylation is 1. The number of nitriles is 1. The lowest BCUT2D eigenvalue weighted by Gasteiger charge is -2.37. The van der Waals surface area contributed by atoms with E-state index in [9.17, 15) is 14.4 Å². The summed E-state index contributed by atoms with van der Waals surface area (Å²) in [6, 6.07) is 12.9. The van der Waals surface area contributed by atoms with E-state index in [1.165, 1.54) is 6.33 Å². The second-order valence-electron chi connectivity index (χ2n) is 7.90. The van der Waals surface area contributed by atoms with Gasteiger partial charge in [0.15, 0.2) is 0 Å². The molecule has 1 saturated heterocycles. The lowest BCUT2D eigenvalue weighted by molar-refractivity contribution is 0.0647. The van der Waals surface area contributed by atoms with Crippen LogP contribution in [0.2, 0.25) is 0 Å². The van der Waals surface area contributed by atoms with E-state index in [-0.39, 0.29) is 11.7 Å². The number of benzene rings is 1. The fourth-order valence-electron chi connectivity index (χ4n) is 4.06. The Morgan fingerprint density at radius 2 is 1.97 bits per heavy atom. The summed E-state index contributed by atoms with van der Waals surface area (Å²) in [5, 5.41) is 9.90. The fraction of sp³-hybridized carbons (Fsp3) is 0.292. The standard InChI is InChI=1S/C24H22FN5O/c1-17-4-2-5-18(21(17)25)14-24(15-26)8-12-30(13-9-24)23(31)19-6-3-10-28-22(19)20-7-11-27-16-29-20/h2-7,10-11,16H,8-9,12-14H2,1H3. The molecule has 2 aromatic heterocycles. The maximum absolute atomic E-state index is 14.5. The van der Waals surface area contributed by atoms with Gasteiger partial charge in [-0.15, -0.1) is 0 Å². The number of piperidine rings is 1. The van der Waals surface area contributed by atoms with E-state index in [1.807, 2.05) is 6.07 Å². The smallest absolute Gasteiger partial charge is 0.256 e. The third-order valence-corrected chi connectivity index (χ3v) is 5.91. The molecule has 0 spiro atoms. The lowest BCUT2D eigenvalue weighted by atomic mass is 9.74. The molecule has 1 aromatic carbocycles. The molecule has 0 unspecified atom stereocenters. The second-order valence-corrected chi connectivity index (χ2v) is 7.90. The zero-order valence-corrected chi connectivity index (χ0v) is 17.3. The molecule has 31 heavy (non-hydrogen) atoms. The molecule has 1 aliphatic rings. The average Bonchev–Trinajstić information content (AvgIpc) is 2.82. The predicted molar refractivity (Wildman–Crippen MR) is 113 cm³/mol. The molecule has 0 saturated carbocycles. The minimum atomic E-state index is -0.685. The summed E-state index contributed by atoms with van der Waals surface area (Å²) in [4.78, 5) is 27.5. The van der Waals surface area contributed by atoms with Crippen molar-refractivity contribution in [2.24, 2.45) is 5.41 Å². The SMILES string of the molecule is Cc1cccc(CC2(C#N)CCN(C(=O)c3cccnc3-c3ccncn3)CC2)c1F. The number of likely N-dealkylation sites (tertiary alicyclic amines) is 1. The van der Waals surface area contributed by atoms with Gasteiger partial charge in [-0.3, -0.25) is 9.78 Å². The molecule has 3 heterocycles. The van der Waals surface area contributed by atoms with Crippen molar-refractivity contribution in [2.75, 3.05) is 13.1 Å². The molecule has 0 atom stereocenters. The van der Waals surface area contributed by atoms with Crippen LogP contribution >= 0.6 is 0 Å². The first-order chi connectivity index (χ1) is 15.0. The summed E-state index contributed by atoms with van der Waals surface area (Å²) in [6.07, 6.45) is 5.99. The summed E-state index contributed by atoms with van der Waals surface area (Å²) >= 11 is 0. The second kappa shape index (κ2) is 8.60. The van der Waals surface area contributed by atoms with Crippen LogP contribution in [0.4, 0.5) is 4.39 Å². The highest BCUT2D eigenvalue weighted by Crippen LogP contribution is 2.36. The van der Waals surface area contributed by atoms with Gasteiger partial charge in [-0.25, -0.2) is 14.4 Å². The largest absolute Gasteiger partial charge is 0.338 e. The van der Waals surface area contributed by atoms with Gasteiger partial charge >= 0.3 is 0 Å². The summed E-state index contributed by atoms with van der Waals surface area (Å²) in [5.41, 5.74) is 2.00. The number of nitrogens with zero attached hydrogens (tertiary/aromatic N) is 5. The Balaban J connectivity index is 1.52. The first-order valence-corrected chi connectivity index (χ1v) is 10.2. The van der Waals surface area contributed by atoms with Gasteiger partial charge in [-0.05, 0) is 55.5 Å². The van der Waals surface area contributed by atoms with Crippen molar-refractivity contribution in [3.8, 4) is 17.5 Å². The van der Waals surface area contributed by atoms with Gasteiger partial charge in [0, 0.05) is 25.5 Å². The van der Waals surface area contributed by atoms with Crippen LogP contribution < -0.4 is 0 Å². The van der Waals surface area contributed by atoms with Crippen molar-refractivity contribution in [1.82, 2.24) is 19.9 Å². The zero-order chi connectivity index (χ0) is 21.8. The van der Waals surface area contributed by atoms with Crippen molar-refractivity contribution < 1.29 is 9.18 Å². The van der Waals surface area contributed by atoms with Crippen LogP contribution in [0.5, 0.6) is 0 Å². The highest BCUT2D eigenvalue weighted by Gasteiger charge is 2.37. The monoisotopic (exact) mass is 415 g/mol. The van der Waals surface area contributed by atoms with Crippen molar-refractivity contribution >= 4 is 5.91 Å². The number of carbonyl (C=O) groups is 1. The molecular weight excluding hydrogens is 393 g/mol. The number of hydrogen-bond donors (Lipinski definition) is 0. The quantitative estimate of drug-likeness (QED) is 0.644. The van der Waals surface area contributed by atoms with E-state index in [0.29, 0.717) is 60.4 Å². The molecule has 3 aromatic rings. The van der Waals surface area contributed by atoms with E-state index < -0.39 is 5.41 Å². The number of aromatic nitrogens is 3. The molecule has 4 rings (SSSR count). The molecule has 0 aliphatic carbocycles. The van der Waals surface area contributed by atoms with E-state index in [4.69, 9.17) is 0 Å². The summed E-state index contributed by atoms with van der Waals surface area (Å²) in [7, 11) is 0. The summed E-state index contributed by atoms with van der Waals surface area (Å²) in [5.74, 6) is -0.393. The molecule has 1 fully saturated rings. The van der Waals surface area contributed by atoms with Gasteiger partial charge in [0.1, 0.15) is 17.8 Å². The van der Waals surface area contributed by atoms with Gasteiger partial charge in [0.25, 0.3) is 5.91 Å². The van der Waals surface area contributed by atoms with Crippen LogP contribution in [0.1, 0.15) is 34.3 Å². The van der Waals surface area contributed by atoms with Gasteiger partial charge < -0.3 is 4.90 Å². The summed E-state index contributed by atoms with van der Waals surface area (Å²) in [6.45, 7) is 2.58. The topological polar surface area (TPSA) is 82.8 Å². The van der Waals surface area contributed by atoms with Gasteiger partial charge in [-0.1, -0.05) is 18.2 Å². The molecule has 0 bridgehead atoms. The third-order valence-electron chi connectivity index (χ3n) is 5.91. The molecule has 7 heteroatoms. The van der Waals surface area contributed by atoms with Gasteiger partial charge in [0.05, 0.1) is 22.7 Å². The minimum absolute atomic E-state index is 0.144. The Labute approximate surface area is 180 Å². The summed E-state index contributed by atoms with van der Waals surface area (Å²) < 4.78 is 14.5. The van der Waals surface area contributed by atoms with Crippen LogP contribution in [0.25, 0.3) is 11.4 Å². The van der Waals surface area contributed by atoms with E-state index in [1.54, 1.807) is 54.5 Å². The van der Waals surface area contributed by atoms with Crippen molar-refractivity contribution in [2.45, 2.75) is 26.2 Å². The normalized spacial score (nSPS) is 15.3. The Hall–Kier alpha value is -3.66. The number of hydrogen-bond acceptors (Lipinski definition) is 5. The lowest BCUT2D eigenvalue weighted by Crippen LogP contribution is -2.43. The number of amides is 1. The molecule has 0 radical (unpaired) electrons. The minimum Gasteiger partial charge on any atom is -0.338 e. The van der Waals surface area contributed by atoms with Crippen molar-refractivity contribution in [1.29, 1.82) is 5.26 Å². The number of halogens is 1. The highest BCUT2D eigenvalue weighted by molar-refractivity contribution is 5.99.